The zero-order chi connectivity index (χ0) is 17.5. The minimum absolute atomic E-state index is 0.628. The second-order valence-corrected chi connectivity index (χ2v) is 7.39. The molecular formula is C21H34N2O2. The van der Waals surface area contributed by atoms with E-state index >= 15 is 0 Å². The molecule has 1 aromatic carbocycles. The summed E-state index contributed by atoms with van der Waals surface area (Å²) in [6.45, 7) is 9.32. The van der Waals surface area contributed by atoms with Crippen molar-refractivity contribution < 1.29 is 9.47 Å². The van der Waals surface area contributed by atoms with Crippen LogP contribution in [0.1, 0.15) is 50.2 Å². The van der Waals surface area contributed by atoms with Crippen LogP contribution in [0.4, 0.5) is 0 Å². The molecule has 2 aliphatic rings. The number of hydrogen-bond acceptors (Lipinski definition) is 4. The molecule has 140 valence electrons. The SMILES string of the molecule is CCOCc1cc(CN2CCCN(C3CCCC3)CC2)ccc1OC. The van der Waals surface area contributed by atoms with Crippen LogP contribution in [0.25, 0.3) is 0 Å². The lowest BCUT2D eigenvalue weighted by molar-refractivity contribution is 0.132. The van der Waals surface area contributed by atoms with Gasteiger partial charge < -0.3 is 9.47 Å². The highest BCUT2D eigenvalue weighted by Gasteiger charge is 2.24. The van der Waals surface area contributed by atoms with Crippen molar-refractivity contribution in [1.82, 2.24) is 9.80 Å². The van der Waals surface area contributed by atoms with Gasteiger partial charge >= 0.3 is 0 Å². The summed E-state index contributed by atoms with van der Waals surface area (Å²) in [5, 5.41) is 0. The van der Waals surface area contributed by atoms with Gasteiger partial charge in [-0.2, -0.15) is 0 Å². The zero-order valence-electron chi connectivity index (χ0n) is 16.0. The molecule has 1 saturated heterocycles. The van der Waals surface area contributed by atoms with E-state index in [-0.39, 0.29) is 0 Å². The standard InChI is InChI=1S/C21H34N2O2/c1-3-25-17-19-15-18(9-10-21(19)24-2)16-22-11-6-12-23(14-13-22)20-7-4-5-8-20/h9-10,15,20H,3-8,11-14,16-17H2,1-2H3. The van der Waals surface area contributed by atoms with Crippen LogP contribution in [0.3, 0.4) is 0 Å². The number of rotatable bonds is 7. The van der Waals surface area contributed by atoms with Crippen LogP contribution in [0.15, 0.2) is 18.2 Å². The molecular weight excluding hydrogens is 312 g/mol. The molecule has 0 amide bonds. The number of methoxy groups -OCH3 is 1. The molecule has 25 heavy (non-hydrogen) atoms. The lowest BCUT2D eigenvalue weighted by Gasteiger charge is -2.27. The van der Waals surface area contributed by atoms with Crippen molar-refractivity contribution in [1.29, 1.82) is 0 Å². The van der Waals surface area contributed by atoms with Crippen molar-refractivity contribution in [2.45, 2.75) is 58.2 Å². The van der Waals surface area contributed by atoms with E-state index in [0.717, 1.165) is 30.5 Å². The lowest BCUT2D eigenvalue weighted by Crippen LogP contribution is -2.36. The van der Waals surface area contributed by atoms with Crippen LogP contribution in [-0.2, 0) is 17.9 Å². The predicted octanol–water partition coefficient (Wildman–Crippen LogP) is 3.68. The maximum atomic E-state index is 5.60. The van der Waals surface area contributed by atoms with E-state index in [1.54, 1.807) is 7.11 Å². The number of hydrogen-bond donors (Lipinski definition) is 0. The van der Waals surface area contributed by atoms with Crippen molar-refractivity contribution >= 4 is 0 Å². The maximum absolute atomic E-state index is 5.60. The Kier molecular flexibility index (Phi) is 7.14. The molecule has 1 aliphatic carbocycles. The molecule has 0 unspecified atom stereocenters. The fourth-order valence-corrected chi connectivity index (χ4v) is 4.30. The summed E-state index contributed by atoms with van der Waals surface area (Å²) in [6, 6.07) is 7.41. The average Bonchev–Trinajstić information content (AvgIpc) is 3.07. The topological polar surface area (TPSA) is 24.9 Å². The number of nitrogens with zero attached hydrogens (tertiary/aromatic N) is 2. The van der Waals surface area contributed by atoms with Gasteiger partial charge in [-0.15, -0.1) is 0 Å². The summed E-state index contributed by atoms with van der Waals surface area (Å²) < 4.78 is 11.1. The first-order valence-corrected chi connectivity index (χ1v) is 10.00. The number of ether oxygens (including phenoxy) is 2. The lowest BCUT2D eigenvalue weighted by atomic mass is 10.1. The summed E-state index contributed by atoms with van der Waals surface area (Å²) in [6.07, 6.45) is 6.98. The molecule has 2 fully saturated rings. The van der Waals surface area contributed by atoms with E-state index in [1.807, 2.05) is 6.92 Å². The highest BCUT2D eigenvalue weighted by Crippen LogP contribution is 2.25. The molecule has 1 heterocycles. The Bertz CT molecular complexity index is 529. The van der Waals surface area contributed by atoms with E-state index in [4.69, 9.17) is 9.47 Å². The van der Waals surface area contributed by atoms with Crippen molar-refractivity contribution in [2.75, 3.05) is 39.9 Å². The van der Waals surface area contributed by atoms with Crippen molar-refractivity contribution in [2.24, 2.45) is 0 Å². The first-order valence-electron chi connectivity index (χ1n) is 10.00. The molecule has 1 saturated carbocycles. The Morgan fingerprint density at radius 2 is 1.88 bits per heavy atom. The Balaban J connectivity index is 1.57. The molecule has 0 aromatic heterocycles. The molecule has 0 N–H and O–H groups in total. The van der Waals surface area contributed by atoms with Crippen LogP contribution in [0, 0.1) is 0 Å². The Hall–Kier alpha value is -1.10. The smallest absolute Gasteiger partial charge is 0.124 e. The highest BCUT2D eigenvalue weighted by atomic mass is 16.5. The molecule has 4 heteroatoms. The summed E-state index contributed by atoms with van der Waals surface area (Å²) in [4.78, 5) is 5.36. The molecule has 4 nitrogen and oxygen atoms in total. The van der Waals surface area contributed by atoms with Gasteiger partial charge in [0.2, 0.25) is 0 Å². The Morgan fingerprint density at radius 1 is 1.04 bits per heavy atom. The third-order valence-corrected chi connectivity index (χ3v) is 5.68. The molecule has 0 spiro atoms. The van der Waals surface area contributed by atoms with Gasteiger partial charge in [0.1, 0.15) is 5.75 Å². The maximum Gasteiger partial charge on any atom is 0.124 e. The molecule has 0 atom stereocenters. The van der Waals surface area contributed by atoms with Crippen molar-refractivity contribution in [3.05, 3.63) is 29.3 Å². The summed E-state index contributed by atoms with van der Waals surface area (Å²) >= 11 is 0. The summed E-state index contributed by atoms with van der Waals surface area (Å²) in [5.74, 6) is 0.931. The van der Waals surface area contributed by atoms with E-state index in [0.29, 0.717) is 6.61 Å². The van der Waals surface area contributed by atoms with E-state index in [1.165, 1.54) is 63.8 Å². The van der Waals surface area contributed by atoms with Gasteiger partial charge in [-0.25, -0.2) is 0 Å². The van der Waals surface area contributed by atoms with Gasteiger partial charge in [0, 0.05) is 37.8 Å². The summed E-state index contributed by atoms with van der Waals surface area (Å²) in [5.41, 5.74) is 2.52. The zero-order valence-corrected chi connectivity index (χ0v) is 16.0. The van der Waals surface area contributed by atoms with E-state index < -0.39 is 0 Å². The molecule has 1 aliphatic heterocycles. The van der Waals surface area contributed by atoms with Gasteiger partial charge in [0.15, 0.2) is 0 Å². The van der Waals surface area contributed by atoms with Crippen LogP contribution in [0.2, 0.25) is 0 Å². The van der Waals surface area contributed by atoms with Gasteiger partial charge in [0.25, 0.3) is 0 Å². The molecule has 0 bridgehead atoms. The van der Waals surface area contributed by atoms with E-state index in [9.17, 15) is 0 Å². The predicted molar refractivity (Wildman–Crippen MR) is 102 cm³/mol. The normalized spacial score (nSPS) is 20.7. The largest absolute Gasteiger partial charge is 0.496 e. The van der Waals surface area contributed by atoms with Crippen LogP contribution in [0.5, 0.6) is 5.75 Å². The second-order valence-electron chi connectivity index (χ2n) is 7.39. The summed E-state index contributed by atoms with van der Waals surface area (Å²) in [7, 11) is 1.73. The monoisotopic (exact) mass is 346 g/mol. The van der Waals surface area contributed by atoms with Gasteiger partial charge in [-0.1, -0.05) is 18.9 Å². The fraction of sp³-hybridized carbons (Fsp3) is 0.714. The molecule has 0 radical (unpaired) electrons. The van der Waals surface area contributed by atoms with Crippen LogP contribution in [-0.4, -0.2) is 55.7 Å². The Labute approximate surface area is 153 Å². The first-order chi connectivity index (χ1) is 12.3. The third-order valence-electron chi connectivity index (χ3n) is 5.68. The second kappa shape index (κ2) is 9.56. The third kappa shape index (κ3) is 5.19. The van der Waals surface area contributed by atoms with Gasteiger partial charge in [-0.3, -0.25) is 9.80 Å². The first kappa shape index (κ1) is 18.7. The van der Waals surface area contributed by atoms with Crippen molar-refractivity contribution in [3.63, 3.8) is 0 Å². The average molecular weight is 347 g/mol. The highest BCUT2D eigenvalue weighted by molar-refractivity contribution is 5.37. The molecule has 1 aromatic rings. The minimum atomic E-state index is 0.628. The van der Waals surface area contributed by atoms with Crippen LogP contribution < -0.4 is 4.74 Å². The van der Waals surface area contributed by atoms with Gasteiger partial charge in [-0.05, 0) is 57.0 Å². The van der Waals surface area contributed by atoms with Crippen LogP contribution >= 0.6 is 0 Å². The molecule has 3 rings (SSSR count). The number of benzene rings is 1. The quantitative estimate of drug-likeness (QED) is 0.752. The van der Waals surface area contributed by atoms with Gasteiger partial charge in [0.05, 0.1) is 13.7 Å². The van der Waals surface area contributed by atoms with E-state index in [2.05, 4.69) is 28.0 Å². The fourth-order valence-electron chi connectivity index (χ4n) is 4.30. The van der Waals surface area contributed by atoms with Crippen molar-refractivity contribution in [3.8, 4) is 5.75 Å². The minimum Gasteiger partial charge on any atom is -0.496 e. The Morgan fingerprint density at radius 3 is 2.64 bits per heavy atom.